The molecule has 7 nitrogen and oxygen atoms in total. The minimum atomic E-state index is -3.27. The number of nitrogens with zero attached hydrogens (tertiary/aromatic N) is 2. The number of aromatic amines is 1. The number of carbonyl (C=O) groups is 1. The van der Waals surface area contributed by atoms with Gasteiger partial charge in [0.25, 0.3) is 5.91 Å². The third kappa shape index (κ3) is 4.02. The van der Waals surface area contributed by atoms with E-state index in [1.807, 2.05) is 43.4 Å². The summed E-state index contributed by atoms with van der Waals surface area (Å²) in [5.41, 5.74) is 1.56. The van der Waals surface area contributed by atoms with Crippen molar-refractivity contribution in [1.82, 2.24) is 19.5 Å². The number of H-pyrrole nitrogens is 1. The molecule has 1 aliphatic rings. The number of carbonyl (C=O) groups excluding carboxylic acids is 1. The van der Waals surface area contributed by atoms with Gasteiger partial charge in [-0.05, 0) is 38.4 Å². The Bertz CT molecular complexity index is 875. The Morgan fingerprint density at radius 2 is 2.08 bits per heavy atom. The molecule has 1 saturated heterocycles. The second-order valence-electron chi connectivity index (χ2n) is 6.96. The Hall–Kier alpha value is -1.90. The van der Waals surface area contributed by atoms with Gasteiger partial charge in [0.05, 0.1) is 6.26 Å². The molecule has 2 N–H and O–H groups in total. The van der Waals surface area contributed by atoms with Crippen molar-refractivity contribution in [2.24, 2.45) is 5.92 Å². The quantitative estimate of drug-likeness (QED) is 0.819. The normalized spacial score (nSPS) is 21.9. The van der Waals surface area contributed by atoms with E-state index in [0.29, 0.717) is 25.2 Å². The smallest absolute Gasteiger partial charge is 0.251 e. The van der Waals surface area contributed by atoms with Crippen LogP contribution < -0.4 is 5.32 Å². The lowest BCUT2D eigenvalue weighted by molar-refractivity contribution is 0.0927. The molecule has 0 aliphatic carbocycles. The zero-order valence-corrected chi connectivity index (χ0v) is 15.5. The van der Waals surface area contributed by atoms with Gasteiger partial charge < -0.3 is 15.2 Å². The molecule has 0 radical (unpaired) electrons. The van der Waals surface area contributed by atoms with Crippen LogP contribution in [-0.2, 0) is 10.0 Å². The maximum Gasteiger partial charge on any atom is 0.251 e. The summed E-state index contributed by atoms with van der Waals surface area (Å²) in [5, 5.41) is 4.00. The predicted molar refractivity (Wildman–Crippen MR) is 98.0 cm³/mol. The molecular formula is C17H24N4O3S. The van der Waals surface area contributed by atoms with Crippen molar-refractivity contribution in [2.75, 3.05) is 40.0 Å². The fourth-order valence-electron chi connectivity index (χ4n) is 3.37. The third-order valence-corrected chi connectivity index (χ3v) is 5.84. The molecule has 2 heterocycles. The number of hydrogen-bond acceptors (Lipinski definition) is 4. The maximum absolute atomic E-state index is 12.7. The highest BCUT2D eigenvalue weighted by Crippen LogP contribution is 2.21. The largest absolute Gasteiger partial charge is 0.361 e. The van der Waals surface area contributed by atoms with Crippen LogP contribution in [0.15, 0.2) is 30.5 Å². The highest BCUT2D eigenvalue weighted by molar-refractivity contribution is 7.88. The van der Waals surface area contributed by atoms with Crippen molar-refractivity contribution < 1.29 is 13.2 Å². The summed E-state index contributed by atoms with van der Waals surface area (Å²) in [7, 11) is 0.626. The van der Waals surface area contributed by atoms with E-state index in [0.717, 1.165) is 10.9 Å². The van der Waals surface area contributed by atoms with Gasteiger partial charge in [0.15, 0.2) is 0 Å². The number of rotatable bonds is 5. The van der Waals surface area contributed by atoms with E-state index in [1.54, 1.807) is 6.07 Å². The first-order chi connectivity index (χ1) is 11.7. The first-order valence-corrected chi connectivity index (χ1v) is 10.1. The van der Waals surface area contributed by atoms with Gasteiger partial charge in [-0.1, -0.05) is 0 Å². The molecule has 3 rings (SSSR count). The number of benzene rings is 1. The number of fused-ring (bicyclic) bond motifs is 1. The summed E-state index contributed by atoms with van der Waals surface area (Å²) in [5.74, 6) is -0.114. The third-order valence-electron chi connectivity index (χ3n) is 4.61. The predicted octanol–water partition coefficient (Wildman–Crippen LogP) is 0.719. The average Bonchev–Trinajstić information content (AvgIpc) is 3.12. The number of sulfonamides is 1. The fourth-order valence-corrected chi connectivity index (χ4v) is 4.26. The van der Waals surface area contributed by atoms with Crippen molar-refractivity contribution in [3.8, 4) is 0 Å². The van der Waals surface area contributed by atoms with Crippen LogP contribution in [-0.4, -0.2) is 74.5 Å². The minimum absolute atomic E-state index is 0.0599. The molecule has 2 atom stereocenters. The Morgan fingerprint density at radius 3 is 2.76 bits per heavy atom. The topological polar surface area (TPSA) is 85.5 Å². The molecule has 25 heavy (non-hydrogen) atoms. The van der Waals surface area contributed by atoms with Crippen LogP contribution >= 0.6 is 0 Å². The first-order valence-electron chi connectivity index (χ1n) is 8.22. The molecule has 1 aromatic carbocycles. The van der Waals surface area contributed by atoms with E-state index in [1.165, 1.54) is 10.6 Å². The lowest BCUT2D eigenvalue weighted by atomic mass is 10.0. The van der Waals surface area contributed by atoms with Crippen molar-refractivity contribution >= 4 is 26.8 Å². The molecule has 1 aromatic heterocycles. The van der Waals surface area contributed by atoms with Gasteiger partial charge in [-0.15, -0.1) is 0 Å². The van der Waals surface area contributed by atoms with E-state index < -0.39 is 10.0 Å². The van der Waals surface area contributed by atoms with Gasteiger partial charge >= 0.3 is 0 Å². The van der Waals surface area contributed by atoms with Crippen LogP contribution in [0.5, 0.6) is 0 Å². The number of aromatic nitrogens is 1. The van der Waals surface area contributed by atoms with Crippen molar-refractivity contribution in [1.29, 1.82) is 0 Å². The number of hydrogen-bond donors (Lipinski definition) is 2. The lowest BCUT2D eigenvalue weighted by Crippen LogP contribution is -2.43. The number of nitrogens with one attached hydrogen (secondary N) is 2. The highest BCUT2D eigenvalue weighted by Gasteiger charge is 2.38. The van der Waals surface area contributed by atoms with E-state index in [4.69, 9.17) is 0 Å². The van der Waals surface area contributed by atoms with Crippen LogP contribution in [0.25, 0.3) is 10.9 Å². The van der Waals surface area contributed by atoms with E-state index in [-0.39, 0.29) is 17.9 Å². The Balaban J connectivity index is 1.77. The van der Waals surface area contributed by atoms with Crippen molar-refractivity contribution in [3.05, 3.63) is 36.0 Å². The second-order valence-corrected chi connectivity index (χ2v) is 8.94. The Morgan fingerprint density at radius 1 is 1.32 bits per heavy atom. The van der Waals surface area contributed by atoms with Gasteiger partial charge in [-0.2, -0.15) is 4.31 Å². The fraction of sp³-hybridized carbons (Fsp3) is 0.471. The van der Waals surface area contributed by atoms with Crippen LogP contribution in [0.3, 0.4) is 0 Å². The molecule has 1 aliphatic heterocycles. The lowest BCUT2D eigenvalue weighted by Gasteiger charge is -2.22. The summed E-state index contributed by atoms with van der Waals surface area (Å²) in [6.45, 7) is 1.46. The summed E-state index contributed by atoms with van der Waals surface area (Å²) in [6.07, 6.45) is 3.05. The van der Waals surface area contributed by atoms with Gasteiger partial charge in [-0.3, -0.25) is 4.79 Å². The monoisotopic (exact) mass is 364 g/mol. The molecule has 0 unspecified atom stereocenters. The van der Waals surface area contributed by atoms with Gasteiger partial charge in [-0.25, -0.2) is 8.42 Å². The zero-order valence-electron chi connectivity index (χ0n) is 14.7. The average molecular weight is 364 g/mol. The summed E-state index contributed by atoms with van der Waals surface area (Å²) < 4.78 is 25.2. The highest BCUT2D eigenvalue weighted by atomic mass is 32.2. The van der Waals surface area contributed by atoms with Crippen LogP contribution in [0.2, 0.25) is 0 Å². The SMILES string of the molecule is CN(C)C[C@@H]1CN(S(C)(=O)=O)C[C@H]1NC(=O)c1ccc2[nH]ccc2c1. The Labute approximate surface area is 148 Å². The molecule has 2 aromatic rings. The van der Waals surface area contributed by atoms with Gasteiger partial charge in [0.1, 0.15) is 0 Å². The minimum Gasteiger partial charge on any atom is -0.361 e. The zero-order chi connectivity index (χ0) is 18.2. The standard InChI is InChI=1S/C17H24N4O3S/c1-20(2)9-14-10-21(25(3,23)24)11-16(14)19-17(22)13-4-5-15-12(8-13)6-7-18-15/h4-8,14,16,18H,9-11H2,1-3H3,(H,19,22)/t14-,16-/m1/s1. The second kappa shape index (κ2) is 6.78. The van der Waals surface area contributed by atoms with Crippen LogP contribution in [0.1, 0.15) is 10.4 Å². The maximum atomic E-state index is 12.7. The Kier molecular flexibility index (Phi) is 4.86. The van der Waals surface area contributed by atoms with Gasteiger partial charge in [0, 0.05) is 54.3 Å². The van der Waals surface area contributed by atoms with Crippen LogP contribution in [0, 0.1) is 5.92 Å². The molecule has 1 amide bonds. The van der Waals surface area contributed by atoms with E-state index >= 15 is 0 Å². The molecule has 136 valence electrons. The van der Waals surface area contributed by atoms with Gasteiger partial charge in [0.2, 0.25) is 10.0 Å². The molecular weight excluding hydrogens is 340 g/mol. The molecule has 8 heteroatoms. The summed E-state index contributed by atoms with van der Waals surface area (Å²) >= 11 is 0. The molecule has 1 fully saturated rings. The summed E-state index contributed by atoms with van der Waals surface area (Å²) in [4.78, 5) is 17.8. The first kappa shape index (κ1) is 17.9. The molecule has 0 saturated carbocycles. The van der Waals surface area contributed by atoms with Crippen molar-refractivity contribution in [2.45, 2.75) is 6.04 Å². The van der Waals surface area contributed by atoms with E-state index in [2.05, 4.69) is 10.3 Å². The summed E-state index contributed by atoms with van der Waals surface area (Å²) in [6, 6.07) is 7.21. The van der Waals surface area contributed by atoms with Crippen molar-refractivity contribution in [3.63, 3.8) is 0 Å². The molecule has 0 bridgehead atoms. The van der Waals surface area contributed by atoms with Crippen LogP contribution in [0.4, 0.5) is 0 Å². The number of amides is 1. The van der Waals surface area contributed by atoms with E-state index in [9.17, 15) is 13.2 Å². The molecule has 0 spiro atoms.